The van der Waals surface area contributed by atoms with Gasteiger partial charge in [0.25, 0.3) is 0 Å². The van der Waals surface area contributed by atoms with Gasteiger partial charge < -0.3 is 10.6 Å². The van der Waals surface area contributed by atoms with Gasteiger partial charge in [0.1, 0.15) is 11.4 Å². The van der Waals surface area contributed by atoms with Crippen LogP contribution in [0.4, 0.5) is 24.8 Å². The molecule has 1 aliphatic rings. The van der Waals surface area contributed by atoms with Crippen LogP contribution in [0.1, 0.15) is 30.0 Å². The van der Waals surface area contributed by atoms with Crippen LogP contribution in [0.15, 0.2) is 18.3 Å². The van der Waals surface area contributed by atoms with E-state index in [1.54, 1.807) is 11.0 Å². The molecular formula is C13H15F3N6. The highest BCUT2D eigenvalue weighted by Gasteiger charge is 2.37. The molecule has 3 heterocycles. The predicted octanol–water partition coefficient (Wildman–Crippen LogP) is 2.18. The van der Waals surface area contributed by atoms with E-state index in [0.717, 1.165) is 18.0 Å². The number of nitrogens with one attached hydrogen (secondary N) is 1. The second kappa shape index (κ2) is 5.47. The van der Waals surface area contributed by atoms with Gasteiger partial charge in [-0.05, 0) is 18.9 Å². The summed E-state index contributed by atoms with van der Waals surface area (Å²) in [5, 5.41) is 14.0. The quantitative estimate of drug-likeness (QED) is 0.888. The molecule has 2 aromatic heterocycles. The van der Waals surface area contributed by atoms with Gasteiger partial charge in [0, 0.05) is 30.8 Å². The third-order valence-corrected chi connectivity index (χ3v) is 3.86. The number of aromatic nitrogens is 4. The number of nitrogens with zero attached hydrogens (tertiary/aromatic N) is 4. The fourth-order valence-corrected chi connectivity index (χ4v) is 2.74. The summed E-state index contributed by atoms with van der Waals surface area (Å²) in [7, 11) is 0. The molecule has 6 nitrogen and oxygen atoms in total. The average molecular weight is 312 g/mol. The van der Waals surface area contributed by atoms with E-state index in [4.69, 9.17) is 5.73 Å². The SMILES string of the molecule is Nc1cc(C2CCN(c3nnccc3C(F)(F)F)CC2)[nH]n1. The van der Waals surface area contributed by atoms with Crippen LogP contribution in [-0.2, 0) is 6.18 Å². The Morgan fingerprint density at radius 1 is 1.27 bits per heavy atom. The molecule has 1 fully saturated rings. The second-order valence-corrected chi connectivity index (χ2v) is 5.28. The second-order valence-electron chi connectivity index (χ2n) is 5.28. The van der Waals surface area contributed by atoms with E-state index in [0.29, 0.717) is 31.7 Å². The van der Waals surface area contributed by atoms with Crippen LogP contribution in [0, 0.1) is 0 Å². The lowest BCUT2D eigenvalue weighted by molar-refractivity contribution is -0.137. The van der Waals surface area contributed by atoms with Crippen molar-refractivity contribution in [2.75, 3.05) is 23.7 Å². The van der Waals surface area contributed by atoms with Gasteiger partial charge in [-0.25, -0.2) is 0 Å². The van der Waals surface area contributed by atoms with Crippen LogP contribution in [0.5, 0.6) is 0 Å². The van der Waals surface area contributed by atoms with Crippen molar-refractivity contribution in [2.45, 2.75) is 24.9 Å². The Labute approximate surface area is 124 Å². The maximum absolute atomic E-state index is 13.0. The molecule has 1 aliphatic heterocycles. The van der Waals surface area contributed by atoms with Crippen molar-refractivity contribution in [3.05, 3.63) is 29.6 Å². The zero-order valence-electron chi connectivity index (χ0n) is 11.6. The smallest absolute Gasteiger partial charge is 0.382 e. The largest absolute Gasteiger partial charge is 0.420 e. The third kappa shape index (κ3) is 2.83. The first-order valence-electron chi connectivity index (χ1n) is 6.90. The molecule has 0 aromatic carbocycles. The first-order valence-corrected chi connectivity index (χ1v) is 6.90. The lowest BCUT2D eigenvalue weighted by Crippen LogP contribution is -2.35. The van der Waals surface area contributed by atoms with Crippen molar-refractivity contribution >= 4 is 11.6 Å². The summed E-state index contributed by atoms with van der Waals surface area (Å²) >= 11 is 0. The number of nitrogens with two attached hydrogens (primary N) is 1. The first kappa shape index (κ1) is 14.6. The summed E-state index contributed by atoms with van der Waals surface area (Å²) in [4.78, 5) is 1.63. The van der Waals surface area contributed by atoms with Crippen LogP contribution in [0.3, 0.4) is 0 Å². The molecule has 3 rings (SSSR count). The van der Waals surface area contributed by atoms with Gasteiger partial charge in [0.2, 0.25) is 0 Å². The van der Waals surface area contributed by atoms with E-state index in [1.165, 1.54) is 0 Å². The zero-order chi connectivity index (χ0) is 15.7. The van der Waals surface area contributed by atoms with Gasteiger partial charge in [-0.15, -0.1) is 5.10 Å². The number of H-pyrrole nitrogens is 1. The third-order valence-electron chi connectivity index (χ3n) is 3.86. The van der Waals surface area contributed by atoms with Crippen LogP contribution in [0.25, 0.3) is 0 Å². The van der Waals surface area contributed by atoms with Crippen molar-refractivity contribution in [3.63, 3.8) is 0 Å². The van der Waals surface area contributed by atoms with E-state index >= 15 is 0 Å². The Morgan fingerprint density at radius 2 is 2.00 bits per heavy atom. The van der Waals surface area contributed by atoms with Crippen molar-refractivity contribution in [3.8, 4) is 0 Å². The minimum Gasteiger partial charge on any atom is -0.382 e. The molecule has 0 spiro atoms. The molecule has 3 N–H and O–H groups in total. The van der Waals surface area contributed by atoms with Crippen LogP contribution in [0.2, 0.25) is 0 Å². The van der Waals surface area contributed by atoms with Gasteiger partial charge in [0.05, 0.1) is 6.20 Å². The Bertz CT molecular complexity index is 645. The highest BCUT2D eigenvalue weighted by Crippen LogP contribution is 2.37. The van der Waals surface area contributed by atoms with Gasteiger partial charge >= 0.3 is 6.18 Å². The number of anilines is 2. The molecule has 0 aliphatic carbocycles. The maximum atomic E-state index is 13.0. The minimum absolute atomic E-state index is 0.0995. The Kier molecular flexibility index (Phi) is 3.63. The summed E-state index contributed by atoms with van der Waals surface area (Å²) in [6.07, 6.45) is -1.96. The minimum atomic E-state index is -4.43. The van der Waals surface area contributed by atoms with Crippen LogP contribution in [-0.4, -0.2) is 33.5 Å². The molecule has 0 bridgehead atoms. The first-order chi connectivity index (χ1) is 10.4. The van der Waals surface area contributed by atoms with Crippen LogP contribution < -0.4 is 10.6 Å². The highest BCUT2D eigenvalue weighted by molar-refractivity contribution is 5.48. The molecular weight excluding hydrogens is 297 g/mol. The number of piperidine rings is 1. The normalized spacial score (nSPS) is 17.0. The van der Waals surface area contributed by atoms with Gasteiger partial charge in [-0.1, -0.05) is 0 Å². The average Bonchev–Trinajstić information content (AvgIpc) is 2.93. The van der Waals surface area contributed by atoms with Crippen LogP contribution >= 0.6 is 0 Å². The highest BCUT2D eigenvalue weighted by atomic mass is 19.4. The van der Waals surface area contributed by atoms with Crippen molar-refractivity contribution in [1.82, 2.24) is 20.4 Å². The molecule has 0 unspecified atom stereocenters. The number of nitrogen functional groups attached to an aromatic ring is 1. The van der Waals surface area contributed by atoms with E-state index in [-0.39, 0.29) is 11.7 Å². The van der Waals surface area contributed by atoms with E-state index in [2.05, 4.69) is 20.4 Å². The Hall–Kier alpha value is -2.32. The standard InChI is InChI=1S/C13H15F3N6/c14-13(15,16)9-1-4-18-21-12(9)22-5-2-8(3-6-22)10-7-11(17)20-19-10/h1,4,7-8H,2-3,5-6H2,(H3,17,19,20). The molecule has 118 valence electrons. The molecule has 0 radical (unpaired) electrons. The molecule has 0 saturated carbocycles. The Balaban J connectivity index is 1.74. The van der Waals surface area contributed by atoms with E-state index in [1.807, 2.05) is 0 Å². The summed E-state index contributed by atoms with van der Waals surface area (Å²) in [6, 6.07) is 2.73. The Morgan fingerprint density at radius 3 is 2.59 bits per heavy atom. The van der Waals surface area contributed by atoms with Gasteiger partial charge in [0.15, 0.2) is 5.82 Å². The topological polar surface area (TPSA) is 83.7 Å². The maximum Gasteiger partial charge on any atom is 0.420 e. The summed E-state index contributed by atoms with van der Waals surface area (Å²) in [5.41, 5.74) is 5.76. The van der Waals surface area contributed by atoms with Crippen molar-refractivity contribution in [2.24, 2.45) is 0 Å². The molecule has 2 aromatic rings. The van der Waals surface area contributed by atoms with Crippen molar-refractivity contribution < 1.29 is 13.2 Å². The number of hydrogen-bond donors (Lipinski definition) is 2. The van der Waals surface area contributed by atoms with Gasteiger partial charge in [-0.2, -0.15) is 23.4 Å². The van der Waals surface area contributed by atoms with Crippen molar-refractivity contribution in [1.29, 1.82) is 0 Å². The number of hydrogen-bond acceptors (Lipinski definition) is 5. The molecule has 1 saturated heterocycles. The lowest BCUT2D eigenvalue weighted by atomic mass is 9.93. The monoisotopic (exact) mass is 312 g/mol. The molecule has 22 heavy (non-hydrogen) atoms. The number of alkyl halides is 3. The summed E-state index contributed by atoms with van der Waals surface area (Å²) in [6.45, 7) is 0.955. The fraction of sp³-hybridized carbons (Fsp3) is 0.462. The molecule has 9 heteroatoms. The summed E-state index contributed by atoms with van der Waals surface area (Å²) < 4.78 is 39.1. The fourth-order valence-electron chi connectivity index (χ4n) is 2.74. The molecule has 0 atom stereocenters. The zero-order valence-corrected chi connectivity index (χ0v) is 11.6. The van der Waals surface area contributed by atoms with Gasteiger partial charge in [-0.3, -0.25) is 5.10 Å². The number of rotatable bonds is 2. The number of halogens is 3. The van der Waals surface area contributed by atoms with E-state index in [9.17, 15) is 13.2 Å². The summed E-state index contributed by atoms with van der Waals surface area (Å²) in [5.74, 6) is 0.537. The predicted molar refractivity (Wildman–Crippen MR) is 74.2 cm³/mol. The van der Waals surface area contributed by atoms with E-state index < -0.39 is 11.7 Å². The number of aromatic amines is 1. The molecule has 0 amide bonds. The lowest BCUT2D eigenvalue weighted by Gasteiger charge is -2.33.